The minimum absolute atomic E-state index is 0.357. The molecule has 0 aromatic carbocycles. The van der Waals surface area contributed by atoms with E-state index in [1.165, 1.54) is 25.7 Å². The number of rotatable bonds is 4. The average molecular weight is 142 g/mol. The van der Waals surface area contributed by atoms with E-state index in [0.717, 1.165) is 0 Å². The van der Waals surface area contributed by atoms with Crippen molar-refractivity contribution in [2.24, 2.45) is 11.3 Å². The summed E-state index contributed by atoms with van der Waals surface area (Å²) in [5.41, 5.74) is 0.670. The van der Waals surface area contributed by atoms with Crippen LogP contribution in [0.3, 0.4) is 0 Å². The van der Waals surface area contributed by atoms with Gasteiger partial charge in [0.05, 0.1) is 0 Å². The van der Waals surface area contributed by atoms with Crippen LogP contribution >= 0.6 is 0 Å². The summed E-state index contributed by atoms with van der Waals surface area (Å²) in [5, 5.41) is 8.75. The van der Waals surface area contributed by atoms with Gasteiger partial charge in [0.1, 0.15) is 0 Å². The van der Waals surface area contributed by atoms with Gasteiger partial charge >= 0.3 is 0 Å². The van der Waals surface area contributed by atoms with Crippen LogP contribution in [0.1, 0.15) is 39.5 Å². The maximum absolute atomic E-state index is 8.75. The highest BCUT2D eigenvalue weighted by atomic mass is 16.3. The third-order valence-corrected chi connectivity index (χ3v) is 2.66. The first kappa shape index (κ1) is 8.06. The third kappa shape index (κ3) is 2.30. The molecular weight excluding hydrogens is 124 g/mol. The maximum Gasteiger partial charge on any atom is 0.0456 e. The summed E-state index contributed by atoms with van der Waals surface area (Å²) < 4.78 is 0. The van der Waals surface area contributed by atoms with Crippen molar-refractivity contribution in [2.75, 3.05) is 6.61 Å². The lowest BCUT2D eigenvalue weighted by molar-refractivity contribution is 0.221. The zero-order valence-electron chi connectivity index (χ0n) is 7.06. The Morgan fingerprint density at radius 3 is 2.50 bits per heavy atom. The van der Waals surface area contributed by atoms with Crippen LogP contribution in [0.4, 0.5) is 0 Å². The predicted molar refractivity (Wildman–Crippen MR) is 42.8 cm³/mol. The lowest BCUT2D eigenvalue weighted by Crippen LogP contribution is -2.03. The minimum atomic E-state index is 0.357. The Morgan fingerprint density at radius 1 is 1.50 bits per heavy atom. The van der Waals surface area contributed by atoms with Gasteiger partial charge in [-0.2, -0.15) is 0 Å². The molecule has 1 fully saturated rings. The molecule has 1 unspecified atom stereocenters. The second kappa shape index (κ2) is 2.91. The van der Waals surface area contributed by atoms with Crippen LogP contribution in [0.2, 0.25) is 0 Å². The first-order valence-corrected chi connectivity index (χ1v) is 4.27. The Labute approximate surface area is 63.4 Å². The van der Waals surface area contributed by atoms with Gasteiger partial charge in [0.15, 0.2) is 0 Å². The smallest absolute Gasteiger partial charge is 0.0456 e. The van der Waals surface area contributed by atoms with Crippen LogP contribution in [0.15, 0.2) is 0 Å². The molecule has 60 valence electrons. The Hall–Kier alpha value is -0.0400. The molecule has 0 bridgehead atoms. The van der Waals surface area contributed by atoms with E-state index in [-0.39, 0.29) is 0 Å². The molecule has 0 aromatic rings. The Morgan fingerprint density at radius 2 is 2.10 bits per heavy atom. The second-order valence-electron chi connectivity index (χ2n) is 4.14. The summed E-state index contributed by atoms with van der Waals surface area (Å²) in [7, 11) is 0. The molecule has 1 saturated carbocycles. The van der Waals surface area contributed by atoms with Crippen molar-refractivity contribution in [1.29, 1.82) is 0 Å². The van der Waals surface area contributed by atoms with Crippen molar-refractivity contribution in [3.05, 3.63) is 0 Å². The normalized spacial score (nSPS) is 24.3. The highest BCUT2D eigenvalue weighted by Crippen LogP contribution is 2.49. The van der Waals surface area contributed by atoms with E-state index in [4.69, 9.17) is 5.11 Å². The van der Waals surface area contributed by atoms with Crippen LogP contribution in [0, 0.1) is 11.3 Å². The van der Waals surface area contributed by atoms with Crippen molar-refractivity contribution in [3.63, 3.8) is 0 Å². The first-order chi connectivity index (χ1) is 4.66. The molecule has 0 radical (unpaired) electrons. The topological polar surface area (TPSA) is 20.2 Å². The zero-order chi connectivity index (χ0) is 7.61. The van der Waals surface area contributed by atoms with E-state index in [2.05, 4.69) is 13.8 Å². The molecule has 1 nitrogen and oxygen atoms in total. The molecule has 0 amide bonds. The highest BCUT2D eigenvalue weighted by Gasteiger charge is 2.36. The van der Waals surface area contributed by atoms with Crippen molar-refractivity contribution in [1.82, 2.24) is 0 Å². The van der Waals surface area contributed by atoms with Crippen molar-refractivity contribution in [2.45, 2.75) is 39.5 Å². The fraction of sp³-hybridized carbons (Fsp3) is 1.00. The SMILES string of the molecule is CC(CO)CCC1(C)CC1. The van der Waals surface area contributed by atoms with Gasteiger partial charge in [-0.05, 0) is 37.0 Å². The highest BCUT2D eigenvalue weighted by molar-refractivity contribution is 4.88. The van der Waals surface area contributed by atoms with E-state index < -0.39 is 0 Å². The molecule has 1 N–H and O–H groups in total. The molecule has 0 heterocycles. The molecule has 1 rings (SSSR count). The lowest BCUT2D eigenvalue weighted by Gasteiger charge is -2.11. The van der Waals surface area contributed by atoms with E-state index in [1.807, 2.05) is 0 Å². The molecule has 1 heteroatoms. The largest absolute Gasteiger partial charge is 0.396 e. The summed E-state index contributed by atoms with van der Waals surface area (Å²) in [6, 6.07) is 0. The minimum Gasteiger partial charge on any atom is -0.396 e. The molecule has 0 aliphatic heterocycles. The van der Waals surface area contributed by atoms with Crippen molar-refractivity contribution < 1.29 is 5.11 Å². The standard InChI is InChI=1S/C9H18O/c1-8(7-10)3-4-9(2)5-6-9/h8,10H,3-7H2,1-2H3. The summed E-state index contributed by atoms with van der Waals surface area (Å²) in [5.74, 6) is 0.512. The van der Waals surface area contributed by atoms with Gasteiger partial charge in [-0.15, -0.1) is 0 Å². The number of hydrogen-bond acceptors (Lipinski definition) is 1. The Balaban J connectivity index is 2.04. The third-order valence-electron chi connectivity index (χ3n) is 2.66. The fourth-order valence-electron chi connectivity index (χ4n) is 1.15. The van der Waals surface area contributed by atoms with Crippen LogP contribution in [0.5, 0.6) is 0 Å². The van der Waals surface area contributed by atoms with Crippen molar-refractivity contribution >= 4 is 0 Å². The van der Waals surface area contributed by atoms with Gasteiger partial charge in [-0.3, -0.25) is 0 Å². The summed E-state index contributed by atoms with van der Waals surface area (Å²) in [4.78, 5) is 0. The predicted octanol–water partition coefficient (Wildman–Crippen LogP) is 2.20. The summed E-state index contributed by atoms with van der Waals surface area (Å²) in [6.45, 7) is 4.82. The lowest BCUT2D eigenvalue weighted by atomic mass is 9.97. The van der Waals surface area contributed by atoms with E-state index in [0.29, 0.717) is 17.9 Å². The molecular formula is C9H18O. The van der Waals surface area contributed by atoms with Crippen molar-refractivity contribution in [3.8, 4) is 0 Å². The molecule has 1 aliphatic carbocycles. The average Bonchev–Trinajstić information content (AvgIpc) is 2.64. The van der Waals surface area contributed by atoms with Gasteiger partial charge in [0.25, 0.3) is 0 Å². The van der Waals surface area contributed by atoms with Gasteiger partial charge in [0.2, 0.25) is 0 Å². The molecule has 1 atom stereocenters. The van der Waals surface area contributed by atoms with Gasteiger partial charge in [-0.1, -0.05) is 13.8 Å². The summed E-state index contributed by atoms with van der Waals surface area (Å²) >= 11 is 0. The van der Waals surface area contributed by atoms with Gasteiger partial charge in [0, 0.05) is 6.61 Å². The molecule has 0 aromatic heterocycles. The van der Waals surface area contributed by atoms with E-state index in [1.54, 1.807) is 0 Å². The number of hydrogen-bond donors (Lipinski definition) is 1. The number of aliphatic hydroxyl groups excluding tert-OH is 1. The quantitative estimate of drug-likeness (QED) is 0.638. The fourth-order valence-corrected chi connectivity index (χ4v) is 1.15. The maximum atomic E-state index is 8.75. The van der Waals surface area contributed by atoms with Crippen LogP contribution in [0.25, 0.3) is 0 Å². The molecule has 1 aliphatic rings. The van der Waals surface area contributed by atoms with Crippen LogP contribution < -0.4 is 0 Å². The number of aliphatic hydroxyl groups is 1. The second-order valence-corrected chi connectivity index (χ2v) is 4.14. The van der Waals surface area contributed by atoms with E-state index >= 15 is 0 Å². The first-order valence-electron chi connectivity index (χ1n) is 4.27. The monoisotopic (exact) mass is 142 g/mol. The van der Waals surface area contributed by atoms with Gasteiger partial charge < -0.3 is 5.11 Å². The molecule has 0 saturated heterocycles. The summed E-state index contributed by atoms with van der Waals surface area (Å²) in [6.07, 6.45) is 5.33. The van der Waals surface area contributed by atoms with Crippen LogP contribution in [-0.2, 0) is 0 Å². The Bertz CT molecular complexity index is 105. The van der Waals surface area contributed by atoms with Crippen LogP contribution in [-0.4, -0.2) is 11.7 Å². The molecule has 0 spiro atoms. The Kier molecular flexibility index (Phi) is 2.35. The zero-order valence-corrected chi connectivity index (χ0v) is 7.06. The van der Waals surface area contributed by atoms with Gasteiger partial charge in [-0.25, -0.2) is 0 Å². The van der Waals surface area contributed by atoms with E-state index in [9.17, 15) is 0 Å². The molecule has 10 heavy (non-hydrogen) atoms.